The van der Waals surface area contributed by atoms with Gasteiger partial charge < -0.3 is 10.1 Å². The van der Waals surface area contributed by atoms with Crippen LogP contribution in [-0.2, 0) is 0 Å². The molecule has 0 spiro atoms. The molecule has 1 saturated carbocycles. The van der Waals surface area contributed by atoms with Gasteiger partial charge in [-0.3, -0.25) is 10.4 Å². The Morgan fingerprint density at radius 2 is 1.88 bits per heavy atom. The Morgan fingerprint density at radius 1 is 1.12 bits per heavy atom. The fraction of sp³-hybridized carbons (Fsp3) is 0.300. The van der Waals surface area contributed by atoms with Crippen molar-refractivity contribution in [2.75, 3.05) is 10.6 Å². The molecule has 0 saturated heterocycles. The molecular formula is C20H22N4O2. The van der Waals surface area contributed by atoms with E-state index in [4.69, 9.17) is 4.74 Å². The Balaban J connectivity index is 1.44. The molecule has 6 nitrogen and oxygen atoms in total. The lowest BCUT2D eigenvalue weighted by molar-refractivity contribution is 0.210. The number of nitrogens with zero attached hydrogens (tertiary/aromatic N) is 1. The Bertz CT molecular complexity index is 911. The minimum Gasteiger partial charge on any atom is -0.490 e. The maximum Gasteiger partial charge on any atom is 0.324 e. The molecule has 0 atom stereocenters. The Morgan fingerprint density at radius 3 is 2.65 bits per heavy atom. The lowest BCUT2D eigenvalue weighted by Crippen LogP contribution is -2.19. The number of anilines is 2. The van der Waals surface area contributed by atoms with Gasteiger partial charge in [0, 0.05) is 17.1 Å². The van der Waals surface area contributed by atoms with Crippen molar-refractivity contribution >= 4 is 28.4 Å². The van der Waals surface area contributed by atoms with Crippen LogP contribution in [0.25, 0.3) is 10.9 Å². The van der Waals surface area contributed by atoms with Crippen molar-refractivity contribution < 1.29 is 9.53 Å². The number of hydrogen-bond donors (Lipinski definition) is 3. The minimum absolute atomic E-state index is 0.313. The molecule has 0 aliphatic heterocycles. The van der Waals surface area contributed by atoms with E-state index in [0.717, 1.165) is 40.7 Å². The van der Waals surface area contributed by atoms with Crippen LogP contribution in [0.5, 0.6) is 5.75 Å². The summed E-state index contributed by atoms with van der Waals surface area (Å²) in [5, 5.41) is 13.6. The van der Waals surface area contributed by atoms with Crippen molar-refractivity contribution in [2.24, 2.45) is 0 Å². The molecular weight excluding hydrogens is 328 g/mol. The summed E-state index contributed by atoms with van der Waals surface area (Å²) in [7, 11) is 0. The number of urea groups is 1. The summed E-state index contributed by atoms with van der Waals surface area (Å²) < 4.78 is 6.01. The normalized spacial score (nSPS) is 14.5. The highest BCUT2D eigenvalue weighted by Crippen LogP contribution is 2.28. The van der Waals surface area contributed by atoms with Gasteiger partial charge in [0.2, 0.25) is 0 Å². The number of carbonyl (C=O) groups is 1. The molecule has 26 heavy (non-hydrogen) atoms. The number of amides is 2. The van der Waals surface area contributed by atoms with Crippen molar-refractivity contribution in [1.29, 1.82) is 0 Å². The maximum absolute atomic E-state index is 12.2. The zero-order chi connectivity index (χ0) is 17.9. The third-order valence-electron chi connectivity index (χ3n) is 4.68. The predicted octanol–water partition coefficient (Wildman–Crippen LogP) is 4.84. The van der Waals surface area contributed by atoms with Crippen LogP contribution in [-0.4, -0.2) is 22.3 Å². The largest absolute Gasteiger partial charge is 0.490 e. The molecule has 2 amide bonds. The predicted molar refractivity (Wildman–Crippen MR) is 103 cm³/mol. The van der Waals surface area contributed by atoms with E-state index in [2.05, 4.69) is 20.8 Å². The summed E-state index contributed by atoms with van der Waals surface area (Å²) >= 11 is 0. The Kier molecular flexibility index (Phi) is 4.48. The first kappa shape index (κ1) is 16.4. The summed E-state index contributed by atoms with van der Waals surface area (Å²) in [6.07, 6.45) is 5.02. The van der Waals surface area contributed by atoms with Crippen LogP contribution in [0.15, 0.2) is 42.5 Å². The van der Waals surface area contributed by atoms with E-state index >= 15 is 0 Å². The van der Waals surface area contributed by atoms with Crippen LogP contribution in [0.3, 0.4) is 0 Å². The van der Waals surface area contributed by atoms with Crippen LogP contribution < -0.4 is 15.4 Å². The smallest absolute Gasteiger partial charge is 0.324 e. The number of H-pyrrole nitrogens is 1. The van der Waals surface area contributed by atoms with E-state index in [0.29, 0.717) is 11.9 Å². The standard InChI is InChI=1S/C20H22N4O2/c1-13-6-8-14(9-7-13)21-20(25)22-19-17-11-10-16(12-18(17)23-24-19)26-15-4-2-3-5-15/h6-12,15H,2-5H2,1H3,(H3,21,22,23,24,25). The summed E-state index contributed by atoms with van der Waals surface area (Å²) in [6, 6.07) is 13.1. The van der Waals surface area contributed by atoms with E-state index in [9.17, 15) is 4.79 Å². The van der Waals surface area contributed by atoms with Gasteiger partial charge in [-0.2, -0.15) is 5.10 Å². The third-order valence-corrected chi connectivity index (χ3v) is 4.68. The van der Waals surface area contributed by atoms with E-state index < -0.39 is 0 Å². The molecule has 6 heteroatoms. The number of carbonyl (C=O) groups excluding carboxylic acids is 1. The number of aryl methyl sites for hydroxylation is 1. The summed E-state index contributed by atoms with van der Waals surface area (Å²) in [6.45, 7) is 2.00. The fourth-order valence-corrected chi connectivity index (χ4v) is 3.27. The summed E-state index contributed by atoms with van der Waals surface area (Å²) in [4.78, 5) is 12.2. The molecule has 134 valence electrons. The van der Waals surface area contributed by atoms with Gasteiger partial charge in [-0.15, -0.1) is 0 Å². The number of rotatable bonds is 4. The molecule has 1 aromatic heterocycles. The van der Waals surface area contributed by atoms with Gasteiger partial charge in [0.25, 0.3) is 0 Å². The number of benzene rings is 2. The van der Waals surface area contributed by atoms with Crippen LogP contribution in [0.4, 0.5) is 16.3 Å². The SMILES string of the molecule is Cc1ccc(NC(=O)Nc2n[nH]c3cc(OC4CCCC4)ccc23)cc1. The van der Waals surface area contributed by atoms with E-state index in [-0.39, 0.29) is 6.03 Å². The van der Waals surface area contributed by atoms with Gasteiger partial charge in [-0.05, 0) is 56.9 Å². The molecule has 1 fully saturated rings. The van der Waals surface area contributed by atoms with Gasteiger partial charge in [-0.25, -0.2) is 4.79 Å². The Labute approximate surface area is 151 Å². The van der Waals surface area contributed by atoms with E-state index in [1.165, 1.54) is 12.8 Å². The lowest BCUT2D eigenvalue weighted by atomic mass is 10.2. The number of fused-ring (bicyclic) bond motifs is 1. The molecule has 0 bridgehead atoms. The average molecular weight is 350 g/mol. The van der Waals surface area contributed by atoms with E-state index in [1.807, 2.05) is 49.4 Å². The Hall–Kier alpha value is -3.02. The molecule has 1 heterocycles. The number of aromatic nitrogens is 2. The van der Waals surface area contributed by atoms with Gasteiger partial charge in [0.1, 0.15) is 5.75 Å². The minimum atomic E-state index is -0.325. The topological polar surface area (TPSA) is 79.0 Å². The highest BCUT2D eigenvalue weighted by atomic mass is 16.5. The molecule has 3 aromatic rings. The first-order valence-corrected chi connectivity index (χ1v) is 8.97. The van der Waals surface area contributed by atoms with Crippen molar-refractivity contribution in [1.82, 2.24) is 10.2 Å². The molecule has 0 unspecified atom stereocenters. The van der Waals surface area contributed by atoms with Crippen LogP contribution >= 0.6 is 0 Å². The molecule has 1 aliphatic carbocycles. The second kappa shape index (κ2) is 7.07. The first-order chi connectivity index (χ1) is 12.7. The summed E-state index contributed by atoms with van der Waals surface area (Å²) in [5.74, 6) is 1.33. The fourth-order valence-electron chi connectivity index (χ4n) is 3.27. The number of ether oxygens (including phenoxy) is 1. The van der Waals surface area contributed by atoms with Crippen LogP contribution in [0.2, 0.25) is 0 Å². The molecule has 4 rings (SSSR count). The zero-order valence-corrected chi connectivity index (χ0v) is 14.7. The van der Waals surface area contributed by atoms with Gasteiger partial charge in [0.05, 0.1) is 11.6 Å². The lowest BCUT2D eigenvalue weighted by Gasteiger charge is -2.12. The van der Waals surface area contributed by atoms with Gasteiger partial charge in [-0.1, -0.05) is 17.7 Å². The third kappa shape index (κ3) is 3.64. The first-order valence-electron chi connectivity index (χ1n) is 8.97. The van der Waals surface area contributed by atoms with Crippen molar-refractivity contribution in [2.45, 2.75) is 38.7 Å². The van der Waals surface area contributed by atoms with Crippen molar-refractivity contribution in [3.8, 4) is 5.75 Å². The number of hydrogen-bond acceptors (Lipinski definition) is 3. The quantitative estimate of drug-likeness (QED) is 0.630. The molecule has 0 radical (unpaired) electrons. The van der Waals surface area contributed by atoms with Crippen LogP contribution in [0.1, 0.15) is 31.2 Å². The van der Waals surface area contributed by atoms with E-state index in [1.54, 1.807) is 0 Å². The maximum atomic E-state index is 12.2. The second-order valence-electron chi connectivity index (χ2n) is 6.75. The highest BCUT2D eigenvalue weighted by Gasteiger charge is 2.17. The van der Waals surface area contributed by atoms with Crippen molar-refractivity contribution in [3.05, 3.63) is 48.0 Å². The monoisotopic (exact) mass is 350 g/mol. The second-order valence-corrected chi connectivity index (χ2v) is 6.75. The van der Waals surface area contributed by atoms with Crippen molar-refractivity contribution in [3.63, 3.8) is 0 Å². The molecule has 2 aromatic carbocycles. The number of nitrogens with one attached hydrogen (secondary N) is 3. The van der Waals surface area contributed by atoms with Gasteiger partial charge in [0.15, 0.2) is 5.82 Å². The molecule has 1 aliphatic rings. The highest BCUT2D eigenvalue weighted by molar-refractivity contribution is 6.04. The molecule has 3 N–H and O–H groups in total. The zero-order valence-electron chi connectivity index (χ0n) is 14.7. The average Bonchev–Trinajstić information content (AvgIpc) is 3.27. The van der Waals surface area contributed by atoms with Gasteiger partial charge >= 0.3 is 6.03 Å². The van der Waals surface area contributed by atoms with Crippen LogP contribution in [0, 0.1) is 6.92 Å². The summed E-state index contributed by atoms with van der Waals surface area (Å²) in [5.41, 5.74) is 2.72. The number of aromatic amines is 1.